The minimum absolute atomic E-state index is 0.460. The van der Waals surface area contributed by atoms with Gasteiger partial charge in [0.15, 0.2) is 5.82 Å². The lowest BCUT2D eigenvalue weighted by Gasteiger charge is -2.27. The van der Waals surface area contributed by atoms with E-state index in [2.05, 4.69) is 38.4 Å². The molecule has 32 heavy (non-hydrogen) atoms. The van der Waals surface area contributed by atoms with Crippen LogP contribution in [0.25, 0.3) is 22.5 Å². The third-order valence-corrected chi connectivity index (χ3v) is 6.56. The third kappa shape index (κ3) is 4.45. The summed E-state index contributed by atoms with van der Waals surface area (Å²) in [6, 6.07) is 17.6. The molecule has 1 aliphatic rings. The minimum Gasteiger partial charge on any atom is -0.292 e. The second-order valence-electron chi connectivity index (χ2n) is 7.87. The molecular formula is C25H20F3N3S. The maximum Gasteiger partial charge on any atom is 0.416 e. The summed E-state index contributed by atoms with van der Waals surface area (Å²) in [5.41, 5.74) is 4.41. The Morgan fingerprint density at radius 2 is 1.72 bits per heavy atom. The van der Waals surface area contributed by atoms with Gasteiger partial charge in [0, 0.05) is 36.3 Å². The molecule has 2 aromatic carbocycles. The molecule has 0 spiro atoms. The van der Waals surface area contributed by atoms with E-state index in [1.54, 1.807) is 11.3 Å². The summed E-state index contributed by atoms with van der Waals surface area (Å²) in [5.74, 6) is 0.460. The number of alkyl halides is 3. The highest BCUT2D eigenvalue weighted by atomic mass is 32.1. The van der Waals surface area contributed by atoms with E-state index in [0.29, 0.717) is 17.9 Å². The standard InChI is InChI=1S/C25H20F3N3S/c26-25(27,28)21-8-6-18(7-9-21)24-29-13-19-10-11-31(15-23(19)30-24)14-22-12-20(16-32-22)17-4-2-1-3-5-17/h1-9,12-13,16H,10-11,14-15H2. The number of halogens is 3. The van der Waals surface area contributed by atoms with Crippen molar-refractivity contribution in [3.05, 3.63) is 93.9 Å². The Hall–Kier alpha value is -3.03. The van der Waals surface area contributed by atoms with Gasteiger partial charge < -0.3 is 0 Å². The smallest absolute Gasteiger partial charge is 0.292 e. The molecule has 7 heteroatoms. The SMILES string of the molecule is FC(F)(F)c1ccc(-c2ncc3c(n2)CN(Cc2cc(-c4ccccc4)cs2)CC3)cc1. The van der Waals surface area contributed by atoms with Gasteiger partial charge in [-0.1, -0.05) is 42.5 Å². The van der Waals surface area contributed by atoms with Crippen molar-refractivity contribution in [3.8, 4) is 22.5 Å². The quantitative estimate of drug-likeness (QED) is 0.357. The van der Waals surface area contributed by atoms with Gasteiger partial charge in [0.25, 0.3) is 0 Å². The van der Waals surface area contributed by atoms with Crippen LogP contribution in [0.4, 0.5) is 13.2 Å². The van der Waals surface area contributed by atoms with Gasteiger partial charge in [-0.2, -0.15) is 13.2 Å². The fourth-order valence-electron chi connectivity index (χ4n) is 3.91. The van der Waals surface area contributed by atoms with E-state index in [0.717, 1.165) is 42.9 Å². The van der Waals surface area contributed by atoms with Crippen molar-refractivity contribution in [3.63, 3.8) is 0 Å². The van der Waals surface area contributed by atoms with E-state index < -0.39 is 11.7 Å². The first kappa shape index (κ1) is 20.8. The lowest BCUT2D eigenvalue weighted by atomic mass is 10.1. The molecule has 4 aromatic rings. The molecule has 0 bridgehead atoms. The van der Waals surface area contributed by atoms with Crippen LogP contribution in [0.1, 0.15) is 21.7 Å². The van der Waals surface area contributed by atoms with Crippen LogP contribution in [0.2, 0.25) is 0 Å². The highest BCUT2D eigenvalue weighted by Crippen LogP contribution is 2.31. The number of fused-ring (bicyclic) bond motifs is 1. The molecule has 0 saturated heterocycles. The number of hydrogen-bond donors (Lipinski definition) is 0. The normalized spacial score (nSPS) is 14.3. The van der Waals surface area contributed by atoms with Gasteiger partial charge in [-0.3, -0.25) is 4.90 Å². The Balaban J connectivity index is 1.31. The summed E-state index contributed by atoms with van der Waals surface area (Å²) < 4.78 is 38.5. The third-order valence-electron chi connectivity index (χ3n) is 5.64. The van der Waals surface area contributed by atoms with Crippen molar-refractivity contribution >= 4 is 11.3 Å². The van der Waals surface area contributed by atoms with Crippen molar-refractivity contribution in [2.75, 3.05) is 6.54 Å². The zero-order valence-corrected chi connectivity index (χ0v) is 18.0. The van der Waals surface area contributed by atoms with Crippen molar-refractivity contribution in [2.45, 2.75) is 25.7 Å². The summed E-state index contributed by atoms with van der Waals surface area (Å²) in [4.78, 5) is 12.7. The molecule has 0 radical (unpaired) electrons. The monoisotopic (exact) mass is 451 g/mol. The van der Waals surface area contributed by atoms with Crippen molar-refractivity contribution in [1.29, 1.82) is 0 Å². The minimum atomic E-state index is -4.35. The fourth-order valence-corrected chi connectivity index (χ4v) is 4.84. The number of hydrogen-bond acceptors (Lipinski definition) is 4. The molecule has 0 aliphatic carbocycles. The average Bonchev–Trinajstić information content (AvgIpc) is 3.27. The van der Waals surface area contributed by atoms with Crippen LogP contribution in [0.3, 0.4) is 0 Å². The molecule has 0 saturated carbocycles. The highest BCUT2D eigenvalue weighted by Gasteiger charge is 2.30. The van der Waals surface area contributed by atoms with Gasteiger partial charge >= 0.3 is 6.18 Å². The van der Waals surface area contributed by atoms with Gasteiger partial charge in [0.05, 0.1) is 11.3 Å². The number of thiophene rings is 1. The van der Waals surface area contributed by atoms with Gasteiger partial charge in [-0.25, -0.2) is 9.97 Å². The zero-order chi connectivity index (χ0) is 22.1. The first-order chi connectivity index (χ1) is 15.5. The molecule has 0 N–H and O–H groups in total. The first-order valence-electron chi connectivity index (χ1n) is 10.3. The van der Waals surface area contributed by atoms with E-state index in [1.807, 2.05) is 24.4 Å². The lowest BCUT2D eigenvalue weighted by Crippen LogP contribution is -2.30. The summed E-state index contributed by atoms with van der Waals surface area (Å²) in [7, 11) is 0. The molecule has 2 aromatic heterocycles. The molecule has 3 nitrogen and oxygen atoms in total. The van der Waals surface area contributed by atoms with Crippen LogP contribution in [0.15, 0.2) is 72.2 Å². The topological polar surface area (TPSA) is 29.0 Å². The molecule has 0 unspecified atom stereocenters. The number of aromatic nitrogens is 2. The van der Waals surface area contributed by atoms with Gasteiger partial charge in [0.1, 0.15) is 0 Å². The van der Waals surface area contributed by atoms with Crippen molar-refractivity contribution in [2.24, 2.45) is 0 Å². The highest BCUT2D eigenvalue weighted by molar-refractivity contribution is 7.10. The molecular weight excluding hydrogens is 431 g/mol. The predicted molar refractivity (Wildman–Crippen MR) is 120 cm³/mol. The second kappa shape index (κ2) is 8.48. The van der Waals surface area contributed by atoms with E-state index in [1.165, 1.54) is 28.1 Å². The van der Waals surface area contributed by atoms with E-state index >= 15 is 0 Å². The molecule has 5 rings (SSSR count). The molecule has 0 fully saturated rings. The number of rotatable bonds is 4. The Morgan fingerprint density at radius 1 is 0.938 bits per heavy atom. The summed E-state index contributed by atoms with van der Waals surface area (Å²) >= 11 is 1.76. The van der Waals surface area contributed by atoms with Gasteiger partial charge in [0.2, 0.25) is 0 Å². The lowest BCUT2D eigenvalue weighted by molar-refractivity contribution is -0.137. The van der Waals surface area contributed by atoms with Crippen LogP contribution in [-0.2, 0) is 25.7 Å². The largest absolute Gasteiger partial charge is 0.416 e. The average molecular weight is 452 g/mol. The van der Waals surface area contributed by atoms with Crippen LogP contribution >= 0.6 is 11.3 Å². The second-order valence-corrected chi connectivity index (χ2v) is 8.86. The maximum atomic E-state index is 12.8. The Morgan fingerprint density at radius 3 is 2.47 bits per heavy atom. The number of nitrogens with zero attached hydrogens (tertiary/aromatic N) is 3. The Kier molecular flexibility index (Phi) is 5.53. The molecule has 162 valence electrons. The molecule has 0 atom stereocenters. The Bertz CT molecular complexity index is 1220. The van der Waals surface area contributed by atoms with Crippen molar-refractivity contribution in [1.82, 2.24) is 14.9 Å². The van der Waals surface area contributed by atoms with Crippen LogP contribution in [0, 0.1) is 0 Å². The first-order valence-corrected chi connectivity index (χ1v) is 11.2. The van der Waals surface area contributed by atoms with E-state index in [-0.39, 0.29) is 0 Å². The molecule has 1 aliphatic heterocycles. The Labute approximate surface area is 188 Å². The summed E-state index contributed by atoms with van der Waals surface area (Å²) in [5, 5.41) is 2.19. The van der Waals surface area contributed by atoms with Crippen LogP contribution in [-0.4, -0.2) is 21.4 Å². The molecule has 0 amide bonds. The van der Waals surface area contributed by atoms with Crippen LogP contribution < -0.4 is 0 Å². The van der Waals surface area contributed by atoms with Gasteiger partial charge in [-0.15, -0.1) is 11.3 Å². The maximum absolute atomic E-state index is 12.8. The predicted octanol–water partition coefficient (Wildman–Crippen LogP) is 6.45. The zero-order valence-electron chi connectivity index (χ0n) is 17.1. The van der Waals surface area contributed by atoms with E-state index in [9.17, 15) is 13.2 Å². The summed E-state index contributed by atoms with van der Waals surface area (Å²) in [6.07, 6.45) is -1.68. The van der Waals surface area contributed by atoms with Crippen LogP contribution in [0.5, 0.6) is 0 Å². The molecule has 3 heterocycles. The van der Waals surface area contributed by atoms with Crippen molar-refractivity contribution < 1.29 is 13.2 Å². The fraction of sp³-hybridized carbons (Fsp3) is 0.200. The number of benzene rings is 2. The van der Waals surface area contributed by atoms with E-state index in [4.69, 9.17) is 0 Å². The van der Waals surface area contributed by atoms with Gasteiger partial charge in [-0.05, 0) is 46.7 Å². The summed E-state index contributed by atoms with van der Waals surface area (Å²) in [6.45, 7) is 2.47.